The van der Waals surface area contributed by atoms with Gasteiger partial charge in [0.25, 0.3) is 0 Å². The average molecular weight is 448 g/mol. The van der Waals surface area contributed by atoms with Gasteiger partial charge >= 0.3 is 6.18 Å². The molecule has 1 aliphatic rings. The first-order valence-corrected chi connectivity index (χ1v) is 11.1. The largest absolute Gasteiger partial charge is 0.417 e. The summed E-state index contributed by atoms with van der Waals surface area (Å²) in [5.41, 5.74) is -1.27. The van der Waals surface area contributed by atoms with Crippen LogP contribution in [0.5, 0.6) is 0 Å². The SMILES string of the molecule is C[C@H](NS(=O)(=O)c1ccccc1C(F)(F)F)C(=O)N1CCN(c2nccs2)CC1. The van der Waals surface area contributed by atoms with Crippen molar-refractivity contribution >= 4 is 32.4 Å². The van der Waals surface area contributed by atoms with Crippen molar-refractivity contribution in [3.05, 3.63) is 41.4 Å². The van der Waals surface area contributed by atoms with E-state index in [0.29, 0.717) is 32.2 Å². The average Bonchev–Trinajstić information content (AvgIpc) is 3.21. The van der Waals surface area contributed by atoms with E-state index in [9.17, 15) is 26.4 Å². The molecule has 158 valence electrons. The number of carbonyl (C=O) groups excluding carboxylic acids is 1. The Balaban J connectivity index is 1.67. The first kappa shape index (κ1) is 21.5. The van der Waals surface area contributed by atoms with E-state index in [1.54, 1.807) is 6.20 Å². The molecule has 1 N–H and O–H groups in total. The molecule has 1 fully saturated rings. The Hall–Kier alpha value is -2.18. The second-order valence-corrected chi connectivity index (χ2v) is 9.02. The third-order valence-electron chi connectivity index (χ3n) is 4.47. The number of hydrogen-bond acceptors (Lipinski definition) is 6. The number of amides is 1. The molecule has 1 saturated heterocycles. The van der Waals surface area contributed by atoms with Crippen LogP contribution in [0.25, 0.3) is 0 Å². The monoisotopic (exact) mass is 448 g/mol. The van der Waals surface area contributed by atoms with Crippen LogP contribution in [0.2, 0.25) is 0 Å². The molecule has 29 heavy (non-hydrogen) atoms. The standard InChI is InChI=1S/C17H19F3N4O3S2/c1-12(15(25)23-7-9-24(10-8-23)16-21-6-11-28-16)22-29(26,27)14-5-3-2-4-13(14)17(18,19)20/h2-6,11-12,22H,7-10H2,1H3/t12-/m0/s1. The highest BCUT2D eigenvalue weighted by Gasteiger charge is 2.38. The summed E-state index contributed by atoms with van der Waals surface area (Å²) >= 11 is 1.48. The number of rotatable bonds is 5. The van der Waals surface area contributed by atoms with Gasteiger partial charge < -0.3 is 9.80 Å². The van der Waals surface area contributed by atoms with E-state index in [-0.39, 0.29) is 0 Å². The Bertz CT molecular complexity index is 957. The van der Waals surface area contributed by atoms with E-state index < -0.39 is 38.6 Å². The van der Waals surface area contributed by atoms with Crippen molar-refractivity contribution in [2.75, 3.05) is 31.1 Å². The third kappa shape index (κ3) is 4.87. The van der Waals surface area contributed by atoms with Gasteiger partial charge in [-0.3, -0.25) is 4.79 Å². The van der Waals surface area contributed by atoms with E-state index in [1.807, 2.05) is 10.3 Å². The van der Waals surface area contributed by atoms with Gasteiger partial charge in [0.15, 0.2) is 5.13 Å². The molecule has 1 aromatic heterocycles. The van der Waals surface area contributed by atoms with E-state index >= 15 is 0 Å². The van der Waals surface area contributed by atoms with Crippen LogP contribution in [0.1, 0.15) is 12.5 Å². The van der Waals surface area contributed by atoms with Crippen LogP contribution in [-0.4, -0.2) is 56.4 Å². The number of alkyl halides is 3. The highest BCUT2D eigenvalue weighted by atomic mass is 32.2. The number of piperazine rings is 1. The van der Waals surface area contributed by atoms with Crippen LogP contribution >= 0.6 is 11.3 Å². The van der Waals surface area contributed by atoms with Gasteiger partial charge in [0.2, 0.25) is 15.9 Å². The molecule has 0 unspecified atom stereocenters. The van der Waals surface area contributed by atoms with E-state index in [0.717, 1.165) is 17.3 Å². The first-order chi connectivity index (χ1) is 13.6. The zero-order valence-corrected chi connectivity index (χ0v) is 17.0. The molecule has 12 heteroatoms. The quantitative estimate of drug-likeness (QED) is 0.758. The fourth-order valence-corrected chi connectivity index (χ4v) is 5.17. The summed E-state index contributed by atoms with van der Waals surface area (Å²) < 4.78 is 66.5. The minimum Gasteiger partial charge on any atom is -0.345 e. The molecular weight excluding hydrogens is 429 g/mol. The fourth-order valence-electron chi connectivity index (χ4n) is 3.05. The van der Waals surface area contributed by atoms with Crippen LogP contribution in [-0.2, 0) is 21.0 Å². The Labute approximate surface area is 170 Å². The first-order valence-electron chi connectivity index (χ1n) is 8.71. The van der Waals surface area contributed by atoms with Gasteiger partial charge in [-0.05, 0) is 19.1 Å². The molecule has 2 heterocycles. The van der Waals surface area contributed by atoms with Gasteiger partial charge in [-0.2, -0.15) is 17.9 Å². The lowest BCUT2D eigenvalue weighted by atomic mass is 10.2. The number of nitrogens with zero attached hydrogens (tertiary/aromatic N) is 3. The zero-order chi connectivity index (χ0) is 21.2. The molecule has 0 saturated carbocycles. The van der Waals surface area contributed by atoms with E-state index in [4.69, 9.17) is 0 Å². The second kappa shape index (κ2) is 8.28. The van der Waals surface area contributed by atoms with Gasteiger partial charge in [0.05, 0.1) is 16.5 Å². The summed E-state index contributed by atoms with van der Waals surface area (Å²) in [5.74, 6) is -0.489. The number of sulfonamides is 1. The summed E-state index contributed by atoms with van der Waals surface area (Å²) in [7, 11) is -4.54. The number of anilines is 1. The summed E-state index contributed by atoms with van der Waals surface area (Å²) in [6.45, 7) is 3.13. The number of thiazole rings is 1. The van der Waals surface area contributed by atoms with E-state index in [2.05, 4.69) is 9.71 Å². The lowest BCUT2D eigenvalue weighted by molar-refractivity contribution is -0.139. The minimum atomic E-state index is -4.83. The van der Waals surface area contributed by atoms with Gasteiger partial charge in [0, 0.05) is 37.8 Å². The molecule has 3 rings (SSSR count). The Kier molecular flexibility index (Phi) is 6.15. The molecule has 0 spiro atoms. The molecule has 1 aromatic carbocycles. The summed E-state index contributed by atoms with van der Waals surface area (Å²) in [4.78, 5) is 19.4. The van der Waals surface area contributed by atoms with Crippen molar-refractivity contribution in [3.63, 3.8) is 0 Å². The van der Waals surface area contributed by atoms with Gasteiger partial charge in [-0.15, -0.1) is 11.3 Å². The summed E-state index contributed by atoms with van der Waals surface area (Å²) in [6, 6.07) is 2.67. The van der Waals surface area contributed by atoms with Crippen molar-refractivity contribution in [1.29, 1.82) is 0 Å². The molecule has 1 amide bonds. The lowest BCUT2D eigenvalue weighted by Gasteiger charge is -2.35. The Morgan fingerprint density at radius 2 is 1.86 bits per heavy atom. The van der Waals surface area contributed by atoms with Crippen molar-refractivity contribution in [2.45, 2.75) is 24.0 Å². The Morgan fingerprint density at radius 1 is 1.21 bits per heavy atom. The maximum Gasteiger partial charge on any atom is 0.417 e. The van der Waals surface area contributed by atoms with Crippen LogP contribution < -0.4 is 9.62 Å². The van der Waals surface area contributed by atoms with Crippen LogP contribution in [0.3, 0.4) is 0 Å². The van der Waals surface area contributed by atoms with E-state index in [1.165, 1.54) is 29.2 Å². The number of hydrogen-bond donors (Lipinski definition) is 1. The Morgan fingerprint density at radius 3 is 2.45 bits per heavy atom. The topological polar surface area (TPSA) is 82.6 Å². The van der Waals surface area contributed by atoms with Crippen LogP contribution in [0.4, 0.5) is 18.3 Å². The molecule has 0 radical (unpaired) electrons. The highest BCUT2D eigenvalue weighted by Crippen LogP contribution is 2.34. The molecule has 0 aliphatic carbocycles. The molecular formula is C17H19F3N4O3S2. The van der Waals surface area contributed by atoms with Crippen molar-refractivity contribution in [1.82, 2.24) is 14.6 Å². The lowest BCUT2D eigenvalue weighted by Crippen LogP contribution is -2.54. The number of benzene rings is 1. The zero-order valence-electron chi connectivity index (χ0n) is 15.4. The third-order valence-corrected chi connectivity index (χ3v) is 6.90. The van der Waals surface area contributed by atoms with Crippen LogP contribution in [0.15, 0.2) is 40.7 Å². The van der Waals surface area contributed by atoms with Gasteiger partial charge in [0.1, 0.15) is 0 Å². The maximum atomic E-state index is 13.1. The minimum absolute atomic E-state index is 0.365. The number of aromatic nitrogens is 1. The van der Waals surface area contributed by atoms with Crippen molar-refractivity contribution < 1.29 is 26.4 Å². The second-order valence-electron chi connectivity index (χ2n) is 6.46. The number of nitrogens with one attached hydrogen (secondary N) is 1. The van der Waals surface area contributed by atoms with Gasteiger partial charge in [-0.25, -0.2) is 13.4 Å². The van der Waals surface area contributed by atoms with Gasteiger partial charge in [-0.1, -0.05) is 12.1 Å². The maximum absolute atomic E-state index is 13.1. The smallest absolute Gasteiger partial charge is 0.345 e. The molecule has 2 aromatic rings. The normalized spacial score (nSPS) is 16.7. The molecule has 7 nitrogen and oxygen atoms in total. The number of halogens is 3. The fraction of sp³-hybridized carbons (Fsp3) is 0.412. The summed E-state index contributed by atoms with van der Waals surface area (Å²) in [6.07, 6.45) is -3.14. The van der Waals surface area contributed by atoms with Crippen molar-refractivity contribution in [3.8, 4) is 0 Å². The van der Waals surface area contributed by atoms with Crippen LogP contribution in [0, 0.1) is 0 Å². The number of carbonyl (C=O) groups is 1. The predicted molar refractivity (Wildman–Crippen MR) is 102 cm³/mol. The molecule has 0 bridgehead atoms. The highest BCUT2D eigenvalue weighted by molar-refractivity contribution is 7.89. The summed E-state index contributed by atoms with van der Waals surface area (Å²) in [5, 5.41) is 2.69. The predicted octanol–water partition coefficient (Wildman–Crippen LogP) is 2.18. The van der Waals surface area contributed by atoms with Crippen molar-refractivity contribution in [2.24, 2.45) is 0 Å². The molecule has 1 aliphatic heterocycles. The molecule has 1 atom stereocenters.